The van der Waals surface area contributed by atoms with Gasteiger partial charge in [-0.3, -0.25) is 9.69 Å². The van der Waals surface area contributed by atoms with Gasteiger partial charge in [-0.2, -0.15) is 5.26 Å². The third-order valence-corrected chi connectivity index (χ3v) is 6.97. The summed E-state index contributed by atoms with van der Waals surface area (Å²) in [5.74, 6) is -0.697. The van der Waals surface area contributed by atoms with Crippen molar-refractivity contribution in [1.29, 1.82) is 5.26 Å². The number of rotatable bonds is 4. The van der Waals surface area contributed by atoms with Crippen LogP contribution in [-0.2, 0) is 0 Å². The quantitative estimate of drug-likeness (QED) is 0.762. The molecule has 2 fully saturated rings. The molecule has 28 heavy (non-hydrogen) atoms. The van der Waals surface area contributed by atoms with E-state index < -0.39 is 5.82 Å². The molecule has 1 aromatic heterocycles. The van der Waals surface area contributed by atoms with Gasteiger partial charge in [0.15, 0.2) is 0 Å². The molecule has 0 aliphatic carbocycles. The number of amides is 1. The van der Waals surface area contributed by atoms with E-state index in [4.69, 9.17) is 5.26 Å². The van der Waals surface area contributed by atoms with Gasteiger partial charge in [0.1, 0.15) is 11.9 Å². The average molecular weight is 398 g/mol. The maximum Gasteiger partial charge on any atom is 0.257 e. The van der Waals surface area contributed by atoms with Crippen molar-refractivity contribution in [1.82, 2.24) is 9.80 Å². The van der Waals surface area contributed by atoms with Gasteiger partial charge in [0.05, 0.1) is 11.1 Å². The minimum absolute atomic E-state index is 0.141. The summed E-state index contributed by atoms with van der Waals surface area (Å²) in [6, 6.07) is 9.34. The van der Waals surface area contributed by atoms with Crippen LogP contribution in [-0.4, -0.2) is 47.4 Å². The van der Waals surface area contributed by atoms with Crippen LogP contribution >= 0.6 is 11.3 Å². The van der Waals surface area contributed by atoms with E-state index >= 15 is 0 Å². The predicted molar refractivity (Wildman–Crippen MR) is 109 cm³/mol. The fourth-order valence-electron chi connectivity index (χ4n) is 4.37. The van der Waals surface area contributed by atoms with Crippen molar-refractivity contribution >= 4 is 17.2 Å². The first-order valence-corrected chi connectivity index (χ1v) is 10.8. The predicted octanol–water partition coefficient (Wildman–Crippen LogP) is 4.51. The molecule has 4 rings (SSSR count). The highest BCUT2D eigenvalue weighted by molar-refractivity contribution is 7.13. The van der Waals surface area contributed by atoms with Gasteiger partial charge < -0.3 is 4.90 Å². The number of thiophene rings is 1. The smallest absolute Gasteiger partial charge is 0.257 e. The standard InChI is InChI=1S/C22H24FN3OS/c1-15-4-2-8-25(15)13-18-5-3-9-26(18)22(27)19-7-6-17(11-20(19)23)21-10-16(12-24)14-28-21/h6-7,10-11,14-15,18H,2-5,8-9,13H2,1H3/t15-,18+/m1/s1. The van der Waals surface area contributed by atoms with E-state index in [0.717, 1.165) is 30.8 Å². The van der Waals surface area contributed by atoms with Crippen LogP contribution in [0.25, 0.3) is 10.4 Å². The van der Waals surface area contributed by atoms with Crippen LogP contribution < -0.4 is 0 Å². The maximum atomic E-state index is 14.8. The number of halogens is 1. The highest BCUT2D eigenvalue weighted by Crippen LogP contribution is 2.30. The number of carbonyl (C=O) groups is 1. The summed E-state index contributed by atoms with van der Waals surface area (Å²) in [4.78, 5) is 18.2. The number of benzene rings is 1. The zero-order valence-corrected chi connectivity index (χ0v) is 16.8. The van der Waals surface area contributed by atoms with Crippen molar-refractivity contribution in [3.63, 3.8) is 0 Å². The molecule has 2 atom stereocenters. The van der Waals surface area contributed by atoms with Gasteiger partial charge in [0, 0.05) is 35.4 Å². The van der Waals surface area contributed by atoms with Gasteiger partial charge in [-0.15, -0.1) is 11.3 Å². The van der Waals surface area contributed by atoms with Crippen LogP contribution in [0.4, 0.5) is 4.39 Å². The van der Waals surface area contributed by atoms with Crippen molar-refractivity contribution in [2.75, 3.05) is 19.6 Å². The fourth-order valence-corrected chi connectivity index (χ4v) is 5.20. The van der Waals surface area contributed by atoms with Gasteiger partial charge in [0.25, 0.3) is 5.91 Å². The Morgan fingerprint density at radius 1 is 1.29 bits per heavy atom. The first kappa shape index (κ1) is 19.1. The number of carbonyl (C=O) groups excluding carboxylic acids is 1. The molecule has 3 heterocycles. The van der Waals surface area contributed by atoms with Crippen LogP contribution in [0, 0.1) is 17.1 Å². The second kappa shape index (κ2) is 8.02. The first-order chi connectivity index (χ1) is 13.6. The third kappa shape index (κ3) is 3.69. The Morgan fingerprint density at radius 2 is 2.11 bits per heavy atom. The fraction of sp³-hybridized carbons (Fsp3) is 0.455. The van der Waals surface area contributed by atoms with Gasteiger partial charge in [-0.05, 0) is 62.9 Å². The summed E-state index contributed by atoms with van der Waals surface area (Å²) in [5, 5.41) is 10.7. The Kier molecular flexibility index (Phi) is 5.47. The second-order valence-corrected chi connectivity index (χ2v) is 8.70. The zero-order chi connectivity index (χ0) is 19.7. The molecule has 0 bridgehead atoms. The molecule has 2 saturated heterocycles. The van der Waals surface area contributed by atoms with E-state index in [1.54, 1.807) is 23.6 Å². The highest BCUT2D eigenvalue weighted by atomic mass is 32.1. The van der Waals surface area contributed by atoms with Crippen LogP contribution in [0.5, 0.6) is 0 Å². The van der Waals surface area contributed by atoms with E-state index in [1.165, 1.54) is 30.2 Å². The van der Waals surface area contributed by atoms with Crippen LogP contribution in [0.15, 0.2) is 29.6 Å². The largest absolute Gasteiger partial charge is 0.334 e. The van der Waals surface area contributed by atoms with E-state index in [9.17, 15) is 9.18 Å². The number of hydrogen-bond acceptors (Lipinski definition) is 4. The minimum Gasteiger partial charge on any atom is -0.334 e. The molecule has 0 N–H and O–H groups in total. The molecule has 0 radical (unpaired) electrons. The summed E-state index contributed by atoms with van der Waals surface area (Å²) in [7, 11) is 0. The monoisotopic (exact) mass is 397 g/mol. The first-order valence-electron chi connectivity index (χ1n) is 9.90. The zero-order valence-electron chi connectivity index (χ0n) is 16.0. The Morgan fingerprint density at radius 3 is 2.79 bits per heavy atom. The summed E-state index contributed by atoms with van der Waals surface area (Å²) >= 11 is 1.40. The van der Waals surface area contributed by atoms with E-state index in [1.807, 2.05) is 4.90 Å². The van der Waals surface area contributed by atoms with E-state index in [-0.39, 0.29) is 17.5 Å². The topological polar surface area (TPSA) is 47.3 Å². The van der Waals surface area contributed by atoms with Crippen LogP contribution in [0.1, 0.15) is 48.5 Å². The molecular formula is C22H24FN3OS. The van der Waals surface area contributed by atoms with E-state index in [2.05, 4.69) is 17.9 Å². The van der Waals surface area contributed by atoms with Crippen LogP contribution in [0.3, 0.4) is 0 Å². The molecule has 0 spiro atoms. The van der Waals surface area contributed by atoms with Crippen molar-refractivity contribution in [2.45, 2.75) is 44.7 Å². The Balaban J connectivity index is 1.51. The summed E-state index contributed by atoms with van der Waals surface area (Å²) in [5.41, 5.74) is 1.41. The Labute approximate surface area is 169 Å². The number of likely N-dealkylation sites (tertiary alicyclic amines) is 2. The van der Waals surface area contributed by atoms with Gasteiger partial charge in [-0.25, -0.2) is 4.39 Å². The molecule has 2 aliphatic rings. The molecule has 4 nitrogen and oxygen atoms in total. The molecule has 0 saturated carbocycles. The van der Waals surface area contributed by atoms with Crippen molar-refractivity contribution in [2.24, 2.45) is 0 Å². The lowest BCUT2D eigenvalue weighted by Gasteiger charge is -2.31. The second-order valence-electron chi connectivity index (χ2n) is 7.79. The molecule has 2 aromatic rings. The molecule has 1 amide bonds. The maximum absolute atomic E-state index is 14.8. The normalized spacial score (nSPS) is 22.5. The van der Waals surface area contributed by atoms with Crippen molar-refractivity contribution in [3.8, 4) is 16.5 Å². The number of nitriles is 1. The lowest BCUT2D eigenvalue weighted by atomic mass is 10.1. The molecule has 1 aromatic carbocycles. The molecule has 0 unspecified atom stereocenters. The van der Waals surface area contributed by atoms with Gasteiger partial charge in [0.2, 0.25) is 0 Å². The molecule has 6 heteroatoms. The Bertz CT molecular complexity index is 919. The summed E-state index contributed by atoms with van der Waals surface area (Å²) in [6.07, 6.45) is 4.40. The lowest BCUT2D eigenvalue weighted by molar-refractivity contribution is 0.0692. The summed E-state index contributed by atoms with van der Waals surface area (Å²) < 4.78 is 14.8. The van der Waals surface area contributed by atoms with Crippen LogP contribution in [0.2, 0.25) is 0 Å². The molecular weight excluding hydrogens is 373 g/mol. The van der Waals surface area contributed by atoms with Crippen molar-refractivity contribution < 1.29 is 9.18 Å². The van der Waals surface area contributed by atoms with Gasteiger partial charge >= 0.3 is 0 Å². The third-order valence-electron chi connectivity index (χ3n) is 5.99. The lowest BCUT2D eigenvalue weighted by Crippen LogP contribution is -2.44. The van der Waals surface area contributed by atoms with Gasteiger partial charge in [-0.1, -0.05) is 6.07 Å². The number of nitrogens with zero attached hydrogens (tertiary/aromatic N) is 3. The minimum atomic E-state index is -0.491. The Hall–Kier alpha value is -2.23. The van der Waals surface area contributed by atoms with E-state index in [0.29, 0.717) is 23.7 Å². The molecule has 146 valence electrons. The molecule has 2 aliphatic heterocycles. The summed E-state index contributed by atoms with van der Waals surface area (Å²) in [6.45, 7) is 4.92. The highest BCUT2D eigenvalue weighted by Gasteiger charge is 2.33. The number of hydrogen-bond donors (Lipinski definition) is 0. The van der Waals surface area contributed by atoms with Crippen molar-refractivity contribution in [3.05, 3.63) is 46.6 Å². The average Bonchev–Trinajstić information content (AvgIpc) is 3.43. The SMILES string of the molecule is C[C@@H]1CCCN1C[C@@H]1CCCN1C(=O)c1ccc(-c2cc(C#N)cs2)cc1F.